The topological polar surface area (TPSA) is 66.9 Å². The molecule has 0 aromatic carbocycles. The number of Topliss-reactive ketones (excluding diaryl/α,β-unsaturated/α-hetero) is 2. The highest BCUT2D eigenvalue weighted by Gasteiger charge is 2.74. The van der Waals surface area contributed by atoms with Gasteiger partial charge in [0.2, 0.25) is 0 Å². The van der Waals surface area contributed by atoms with E-state index in [1.165, 1.54) is 0 Å². The third kappa shape index (κ3) is 1.47. The third-order valence-corrected chi connectivity index (χ3v) is 8.62. The molecule has 0 aromatic rings. The number of carbonyl (C=O) groups excluding carboxylic acids is 2. The van der Waals surface area contributed by atoms with Crippen LogP contribution in [0.5, 0.6) is 0 Å². The standard InChI is InChI=1S/C19H26O4/c1-17-7-5-12-10(11(17)3-4-14(17)20)9-15(21)19(22)16-13(23-16)6-8-18(12,19)2/h10-13,16,22H,3-9H2,1-2H3/t10-,11-,12-,13+,16+,17-,18+,19+/m0/s1. The quantitative estimate of drug-likeness (QED) is 0.696. The van der Waals surface area contributed by atoms with E-state index < -0.39 is 5.60 Å². The smallest absolute Gasteiger partial charge is 0.168 e. The molecule has 0 aromatic heterocycles. The fourth-order valence-electron chi connectivity index (χ4n) is 7.14. The second-order valence-electron chi connectivity index (χ2n) is 9.24. The van der Waals surface area contributed by atoms with Crippen molar-refractivity contribution in [2.75, 3.05) is 0 Å². The van der Waals surface area contributed by atoms with Crippen LogP contribution in [0.25, 0.3) is 0 Å². The van der Waals surface area contributed by atoms with Crippen molar-refractivity contribution in [1.29, 1.82) is 0 Å². The Morgan fingerprint density at radius 1 is 1.04 bits per heavy atom. The van der Waals surface area contributed by atoms with Gasteiger partial charge in [-0.05, 0) is 49.9 Å². The summed E-state index contributed by atoms with van der Waals surface area (Å²) in [5.41, 5.74) is -1.88. The fourth-order valence-corrected chi connectivity index (χ4v) is 7.14. The Morgan fingerprint density at radius 3 is 2.61 bits per heavy atom. The molecule has 4 nitrogen and oxygen atoms in total. The zero-order chi connectivity index (χ0) is 16.2. The highest BCUT2D eigenvalue weighted by atomic mass is 16.6. The minimum atomic E-state index is -1.28. The predicted octanol–water partition coefficient (Wildman–Crippen LogP) is 2.27. The highest BCUT2D eigenvalue weighted by Crippen LogP contribution is 2.67. The number of ketones is 2. The molecule has 0 unspecified atom stereocenters. The molecule has 8 atom stereocenters. The largest absolute Gasteiger partial charge is 0.379 e. The van der Waals surface area contributed by atoms with Gasteiger partial charge in [0.1, 0.15) is 11.9 Å². The Kier molecular flexibility index (Phi) is 2.59. The molecule has 0 radical (unpaired) electrons. The molecule has 1 N–H and O–H groups in total. The summed E-state index contributed by atoms with van der Waals surface area (Å²) in [7, 11) is 0. The minimum absolute atomic E-state index is 0.0166. The second-order valence-corrected chi connectivity index (χ2v) is 9.24. The molecule has 126 valence electrons. The fraction of sp³-hybridized carbons (Fsp3) is 0.895. The van der Waals surface area contributed by atoms with Gasteiger partial charge in [0.15, 0.2) is 11.4 Å². The maximum absolute atomic E-state index is 13.0. The van der Waals surface area contributed by atoms with Gasteiger partial charge >= 0.3 is 0 Å². The minimum Gasteiger partial charge on any atom is -0.379 e. The van der Waals surface area contributed by atoms with Crippen LogP contribution in [0.3, 0.4) is 0 Å². The maximum atomic E-state index is 13.0. The summed E-state index contributed by atoms with van der Waals surface area (Å²) < 4.78 is 5.66. The molecule has 5 fully saturated rings. The van der Waals surface area contributed by atoms with Crippen LogP contribution in [-0.2, 0) is 14.3 Å². The molecular weight excluding hydrogens is 292 g/mol. The molecule has 0 amide bonds. The number of hydrogen-bond donors (Lipinski definition) is 1. The number of aliphatic hydroxyl groups is 1. The summed E-state index contributed by atoms with van der Waals surface area (Å²) in [5.74, 6) is 1.33. The van der Waals surface area contributed by atoms with Gasteiger partial charge in [-0.25, -0.2) is 0 Å². The Morgan fingerprint density at radius 2 is 1.83 bits per heavy atom. The molecule has 0 spiro atoms. The number of hydrogen-bond acceptors (Lipinski definition) is 4. The zero-order valence-electron chi connectivity index (χ0n) is 14.0. The average Bonchev–Trinajstić information content (AvgIpc) is 3.24. The first-order chi connectivity index (χ1) is 10.8. The van der Waals surface area contributed by atoms with Gasteiger partial charge in [-0.15, -0.1) is 0 Å². The van der Waals surface area contributed by atoms with Gasteiger partial charge in [-0.2, -0.15) is 0 Å². The van der Waals surface area contributed by atoms with E-state index >= 15 is 0 Å². The van der Waals surface area contributed by atoms with E-state index in [2.05, 4.69) is 13.8 Å². The van der Waals surface area contributed by atoms with E-state index in [1.807, 2.05) is 0 Å². The lowest BCUT2D eigenvalue weighted by molar-refractivity contribution is -0.200. The second kappa shape index (κ2) is 4.08. The molecular formula is C19H26O4. The van der Waals surface area contributed by atoms with E-state index in [0.29, 0.717) is 30.5 Å². The van der Waals surface area contributed by atoms with Crippen molar-refractivity contribution in [1.82, 2.24) is 0 Å². The third-order valence-electron chi connectivity index (χ3n) is 8.62. The van der Waals surface area contributed by atoms with E-state index in [9.17, 15) is 14.7 Å². The molecule has 4 aliphatic carbocycles. The normalized spacial score (nSPS) is 60.6. The summed E-state index contributed by atoms with van der Waals surface area (Å²) in [4.78, 5) is 25.4. The zero-order valence-corrected chi connectivity index (χ0v) is 14.0. The Labute approximate surface area is 137 Å². The Hall–Kier alpha value is -0.740. The molecule has 5 rings (SSSR count). The number of carbonyl (C=O) groups is 2. The van der Waals surface area contributed by atoms with Crippen LogP contribution < -0.4 is 0 Å². The number of epoxide rings is 1. The summed E-state index contributed by atoms with van der Waals surface area (Å²) in [6.07, 6.45) is 5.59. The molecule has 1 heterocycles. The number of rotatable bonds is 0. The van der Waals surface area contributed by atoms with E-state index in [1.54, 1.807) is 0 Å². The lowest BCUT2D eigenvalue weighted by Crippen LogP contribution is -2.68. The Bertz CT molecular complexity index is 614. The molecule has 23 heavy (non-hydrogen) atoms. The summed E-state index contributed by atoms with van der Waals surface area (Å²) in [6.45, 7) is 4.25. The molecule has 4 saturated carbocycles. The molecule has 4 heteroatoms. The van der Waals surface area contributed by atoms with E-state index in [0.717, 1.165) is 32.1 Å². The van der Waals surface area contributed by atoms with Crippen molar-refractivity contribution in [3.05, 3.63) is 0 Å². The van der Waals surface area contributed by atoms with Crippen molar-refractivity contribution in [3.8, 4) is 0 Å². The van der Waals surface area contributed by atoms with Crippen molar-refractivity contribution in [2.24, 2.45) is 28.6 Å². The van der Waals surface area contributed by atoms with Gasteiger partial charge in [-0.1, -0.05) is 13.8 Å². The SMILES string of the molecule is C[C@]12CC[C@H]3[C@@H](CC(=O)[C@@]4(O)[C@@H]5O[C@@H]5CC[C@]34C)[C@@H]1CCC2=O. The van der Waals surface area contributed by atoms with Crippen molar-refractivity contribution in [2.45, 2.75) is 76.6 Å². The van der Waals surface area contributed by atoms with Crippen LogP contribution in [0.2, 0.25) is 0 Å². The predicted molar refractivity (Wildman–Crippen MR) is 82.6 cm³/mol. The van der Waals surface area contributed by atoms with Crippen LogP contribution in [0.1, 0.15) is 58.8 Å². The van der Waals surface area contributed by atoms with Crippen molar-refractivity contribution in [3.63, 3.8) is 0 Å². The van der Waals surface area contributed by atoms with Crippen molar-refractivity contribution >= 4 is 11.6 Å². The van der Waals surface area contributed by atoms with Crippen LogP contribution in [0.15, 0.2) is 0 Å². The first-order valence-electron chi connectivity index (χ1n) is 9.27. The first kappa shape index (κ1) is 14.6. The number of fused-ring (bicyclic) bond motifs is 7. The van der Waals surface area contributed by atoms with Gasteiger partial charge in [0.05, 0.1) is 6.10 Å². The average molecular weight is 318 g/mol. The molecule has 1 saturated heterocycles. The number of ether oxygens (including phenoxy) is 1. The summed E-state index contributed by atoms with van der Waals surface area (Å²) >= 11 is 0. The monoisotopic (exact) mass is 318 g/mol. The van der Waals surface area contributed by atoms with Crippen LogP contribution in [0, 0.1) is 28.6 Å². The van der Waals surface area contributed by atoms with Crippen LogP contribution in [-0.4, -0.2) is 34.5 Å². The molecule has 0 bridgehead atoms. The van der Waals surface area contributed by atoms with Gasteiger partial charge in [-0.3, -0.25) is 9.59 Å². The summed E-state index contributed by atoms with van der Waals surface area (Å²) in [5, 5.41) is 11.4. The maximum Gasteiger partial charge on any atom is 0.168 e. The first-order valence-corrected chi connectivity index (χ1v) is 9.27. The summed E-state index contributed by atoms with van der Waals surface area (Å²) in [6, 6.07) is 0. The molecule has 1 aliphatic heterocycles. The molecule has 5 aliphatic rings. The Balaban J connectivity index is 1.58. The van der Waals surface area contributed by atoms with E-state index in [-0.39, 0.29) is 34.7 Å². The lowest BCUT2D eigenvalue weighted by atomic mass is 9.43. The van der Waals surface area contributed by atoms with Gasteiger partial charge in [0, 0.05) is 23.7 Å². The van der Waals surface area contributed by atoms with Crippen LogP contribution in [0.4, 0.5) is 0 Å². The van der Waals surface area contributed by atoms with Gasteiger partial charge in [0.25, 0.3) is 0 Å². The lowest BCUT2D eigenvalue weighted by Gasteiger charge is -2.60. The van der Waals surface area contributed by atoms with Gasteiger partial charge < -0.3 is 9.84 Å². The van der Waals surface area contributed by atoms with E-state index in [4.69, 9.17) is 4.74 Å². The van der Waals surface area contributed by atoms with Crippen LogP contribution >= 0.6 is 0 Å². The highest BCUT2D eigenvalue weighted by molar-refractivity contribution is 5.92. The van der Waals surface area contributed by atoms with Crippen molar-refractivity contribution < 1.29 is 19.4 Å².